The largest absolute Gasteiger partial charge is 0.404 e. The van der Waals surface area contributed by atoms with Gasteiger partial charge in [-0.3, -0.25) is 10.2 Å². The van der Waals surface area contributed by atoms with Crippen LogP contribution in [-0.4, -0.2) is 0 Å². The van der Waals surface area contributed by atoms with Crippen LogP contribution in [0.15, 0.2) is 187 Å². The first-order valence-electron chi connectivity index (χ1n) is 34.5. The first kappa shape index (κ1) is 68.1. The highest BCUT2D eigenvalue weighted by molar-refractivity contribution is 7.39. The molecule has 0 aliphatic carbocycles. The maximum atomic E-state index is 7.88. The Balaban J connectivity index is 1.29. The van der Waals surface area contributed by atoms with E-state index < -0.39 is 16.3 Å². The highest BCUT2D eigenvalue weighted by Gasteiger charge is 2.34. The molecule has 0 aliphatic rings. The molecule has 0 aliphatic heterocycles. The van der Waals surface area contributed by atoms with Gasteiger partial charge in [0.1, 0.15) is 22.3 Å². The topological polar surface area (TPSA) is 76.6 Å². The summed E-state index contributed by atoms with van der Waals surface area (Å²) in [5, 5.41) is 17.0. The van der Waals surface area contributed by atoms with Crippen LogP contribution in [0.1, 0.15) is 211 Å². The summed E-state index contributed by atoms with van der Waals surface area (Å²) in [4.78, 5) is 0. The van der Waals surface area contributed by atoms with Crippen LogP contribution in [0, 0.1) is 0 Å². The summed E-state index contributed by atoms with van der Waals surface area (Å²) in [6.45, 7) is 55.4. The fraction of sp³-hybridized carbons (Fsp3) is 0.364. The minimum absolute atomic E-state index is 0.163. The minimum Gasteiger partial charge on any atom is -0.404 e. The van der Waals surface area contributed by atoms with Crippen molar-refractivity contribution in [3.63, 3.8) is 0 Å². The molecule has 498 valence electrons. The predicted octanol–water partition coefficient (Wildman–Crippen LogP) is 28.3. The molecule has 0 spiro atoms. The van der Waals surface area contributed by atoms with Crippen LogP contribution in [-0.2, 0) is 43.3 Å². The summed E-state index contributed by atoms with van der Waals surface area (Å²) < 4.78 is 31.5. The summed E-state index contributed by atoms with van der Waals surface area (Å²) in [5.74, 6) is 0. The highest BCUT2D eigenvalue weighted by atomic mass is 31.1. The van der Waals surface area contributed by atoms with Gasteiger partial charge in [0.05, 0.1) is 11.4 Å². The van der Waals surface area contributed by atoms with Crippen molar-refractivity contribution in [1.29, 1.82) is 0 Å². The lowest BCUT2D eigenvalue weighted by Crippen LogP contribution is -2.17. The second-order valence-corrected chi connectivity index (χ2v) is 37.4. The van der Waals surface area contributed by atoms with Crippen LogP contribution < -0.4 is 10.2 Å². The molecule has 0 atom stereocenters. The maximum Gasteiger partial charge on any atom is 0.338 e. The van der Waals surface area contributed by atoms with Gasteiger partial charge in [-0.25, -0.2) is 0 Å². The Morgan fingerprint density at radius 1 is 0.250 bits per heavy atom. The van der Waals surface area contributed by atoms with Crippen molar-refractivity contribution in [2.24, 2.45) is 0 Å². The normalized spacial score (nSPS) is 13.2. The second-order valence-electron chi connectivity index (χ2n) is 35.2. The quantitative estimate of drug-likeness (QED) is 0.166. The monoisotopic (exact) mass is 1310 g/mol. The molecular formula is C88H102N2O4P2. The first-order chi connectivity index (χ1) is 44.6. The van der Waals surface area contributed by atoms with Crippen molar-refractivity contribution in [3.05, 3.63) is 214 Å². The van der Waals surface area contributed by atoms with Gasteiger partial charge in [0.15, 0.2) is 0 Å². The zero-order valence-corrected chi connectivity index (χ0v) is 63.5. The van der Waals surface area contributed by atoms with E-state index >= 15 is 0 Å². The smallest absolute Gasteiger partial charge is 0.338 e. The average Bonchev–Trinajstić information content (AvgIpc) is 1.18. The molecular weight excluding hydrogens is 1210 g/mol. The number of anilines is 2. The minimum atomic E-state index is -2.07. The van der Waals surface area contributed by atoms with E-state index in [4.69, 9.17) is 16.8 Å². The van der Waals surface area contributed by atoms with E-state index in [2.05, 4.69) is 346 Å². The fourth-order valence-electron chi connectivity index (χ4n) is 13.4. The van der Waals surface area contributed by atoms with E-state index in [9.17, 15) is 0 Å². The molecule has 6 nitrogen and oxygen atoms in total. The lowest BCUT2D eigenvalue weighted by Gasteiger charge is -2.27. The highest BCUT2D eigenvalue weighted by Crippen LogP contribution is 2.56. The number of benzene rings is 10. The zero-order valence-electron chi connectivity index (χ0n) is 61.7. The van der Waals surface area contributed by atoms with Crippen LogP contribution in [0.3, 0.4) is 0 Å². The van der Waals surface area contributed by atoms with Gasteiger partial charge in [0, 0.05) is 66.1 Å². The van der Waals surface area contributed by atoms with Crippen LogP contribution in [0.25, 0.3) is 98.8 Å². The molecule has 0 bridgehead atoms. The summed E-state index contributed by atoms with van der Waals surface area (Å²) in [6, 6.07) is 63.2. The van der Waals surface area contributed by atoms with E-state index in [1.165, 1.54) is 22.3 Å². The number of rotatable bonds is 7. The zero-order chi connectivity index (χ0) is 69.4. The number of hydrogen-bond donors (Lipinski definition) is 2. The van der Waals surface area contributed by atoms with E-state index in [1.54, 1.807) is 0 Å². The van der Waals surface area contributed by atoms with E-state index in [1.807, 2.05) is 0 Å². The van der Waals surface area contributed by atoms with Gasteiger partial charge in [0.2, 0.25) is 0 Å². The Hall–Kier alpha value is -7.88. The van der Waals surface area contributed by atoms with Gasteiger partial charge in [-0.15, -0.1) is 0 Å². The Labute approximate surface area is 573 Å². The van der Waals surface area contributed by atoms with E-state index in [0.717, 1.165) is 132 Å². The molecule has 10 aromatic carbocycles. The van der Waals surface area contributed by atoms with Crippen LogP contribution in [0.5, 0.6) is 0 Å². The molecule has 0 fully saturated rings. The van der Waals surface area contributed by atoms with E-state index in [0.29, 0.717) is 0 Å². The number of nitrogens with one attached hydrogen (secondary N) is 2. The van der Waals surface area contributed by atoms with Gasteiger partial charge >= 0.3 is 16.3 Å². The molecule has 12 rings (SSSR count). The third-order valence-electron chi connectivity index (χ3n) is 19.3. The summed E-state index contributed by atoms with van der Waals surface area (Å²) in [5.41, 5.74) is 18.8. The second kappa shape index (κ2) is 24.0. The van der Waals surface area contributed by atoms with E-state index in [-0.39, 0.29) is 43.3 Å². The Bertz CT molecular complexity index is 4600. The van der Waals surface area contributed by atoms with Crippen molar-refractivity contribution in [1.82, 2.24) is 0 Å². The molecule has 0 saturated heterocycles. The Kier molecular flexibility index (Phi) is 17.0. The van der Waals surface area contributed by atoms with Crippen LogP contribution in [0.4, 0.5) is 11.4 Å². The van der Waals surface area contributed by atoms with Crippen molar-refractivity contribution in [2.45, 2.75) is 209 Å². The van der Waals surface area contributed by atoms with Gasteiger partial charge in [0.25, 0.3) is 0 Å². The molecule has 12 aromatic rings. The van der Waals surface area contributed by atoms with Crippen molar-refractivity contribution >= 4 is 93.1 Å². The SMILES string of the molecule is CC(C)(C)c1cc(C(C)(C)C)c2op(Nc3c(-c4ccccc4)cc4ccccc4c3-c3c(Np4oc5c(C(C)(C)C)cc(C(C)(C)C)cc5c5cc(C(C)(C)C)cc(C(C)(C)C)c5o4)c(-c4ccccc4)cc4ccccc34)oc3c(C(C)(C)C)cc(C(C)(C)C)cc3c2c1. The Morgan fingerprint density at radius 3 is 0.729 bits per heavy atom. The predicted molar refractivity (Wildman–Crippen MR) is 418 cm³/mol. The van der Waals surface area contributed by atoms with Gasteiger partial charge in [-0.05, 0) is 135 Å². The molecule has 0 unspecified atom stereocenters. The van der Waals surface area contributed by atoms with Crippen LogP contribution in [0.2, 0.25) is 0 Å². The van der Waals surface area contributed by atoms with Gasteiger partial charge in [-0.1, -0.05) is 300 Å². The van der Waals surface area contributed by atoms with Crippen molar-refractivity contribution < 1.29 is 16.8 Å². The molecule has 0 saturated carbocycles. The third-order valence-corrected chi connectivity index (χ3v) is 21.5. The Morgan fingerprint density at radius 2 is 0.490 bits per heavy atom. The molecule has 96 heavy (non-hydrogen) atoms. The van der Waals surface area contributed by atoms with Gasteiger partial charge < -0.3 is 16.8 Å². The number of hydrogen-bond acceptors (Lipinski definition) is 6. The molecule has 8 heteroatoms. The maximum absolute atomic E-state index is 7.88. The summed E-state index contributed by atoms with van der Waals surface area (Å²) in [6.07, 6.45) is 0. The van der Waals surface area contributed by atoms with Gasteiger partial charge in [-0.2, -0.15) is 0 Å². The molecule has 2 heterocycles. The molecule has 2 N–H and O–H groups in total. The third kappa shape index (κ3) is 13.1. The standard InChI is InChI=1S/C88H102N2O4P2/c1-81(2,3)57-45-65-66-46-58(82(4,5)6)50-70(86(16,17)18)78(66)92-95(91-77(65)69(49-57)85(13,14)15)89-75-63(53-35-27-25-28-36-53)43-55-39-31-33-41-61(55)73(75)74-62-42-34-32-40-56(62)44-64(54-37-29-26-30-38-54)76(74)90-96-93-79-67(47-59(83(7,8)9)51-71(79)87(19,20)21)68-48-60(84(10,11)12)52-72(80(68)94-96)88(22,23)24/h25-52,89-90H,1-24H3. The molecule has 0 amide bonds. The molecule has 0 radical (unpaired) electrons. The summed E-state index contributed by atoms with van der Waals surface area (Å²) in [7, 11) is -4.14. The lowest BCUT2D eigenvalue weighted by atomic mass is 9.77. The number of fused-ring (bicyclic) bond motifs is 8. The average molecular weight is 1310 g/mol. The first-order valence-corrected chi connectivity index (χ1v) is 36.8. The summed E-state index contributed by atoms with van der Waals surface area (Å²) >= 11 is 0. The van der Waals surface area contributed by atoms with Crippen molar-refractivity contribution in [2.75, 3.05) is 10.2 Å². The fourth-order valence-corrected chi connectivity index (χ4v) is 16.0. The van der Waals surface area contributed by atoms with Crippen LogP contribution >= 0.6 is 16.3 Å². The van der Waals surface area contributed by atoms with Crippen molar-refractivity contribution in [3.8, 4) is 33.4 Å². The lowest BCUT2D eigenvalue weighted by molar-refractivity contribution is 0.555. The molecule has 2 aromatic heterocycles.